The van der Waals surface area contributed by atoms with E-state index in [1.54, 1.807) is 29.2 Å². The van der Waals surface area contributed by atoms with Gasteiger partial charge in [-0.25, -0.2) is 9.37 Å². The van der Waals surface area contributed by atoms with E-state index in [0.29, 0.717) is 30.9 Å². The summed E-state index contributed by atoms with van der Waals surface area (Å²) >= 11 is 6.59. The number of nitrogens with one attached hydrogen (secondary N) is 2. The van der Waals surface area contributed by atoms with Gasteiger partial charge in [-0.3, -0.25) is 9.59 Å². The smallest absolute Gasteiger partial charge is 0.258 e. The first-order valence-corrected chi connectivity index (χ1v) is 17.5. The zero-order chi connectivity index (χ0) is 35.5. The summed E-state index contributed by atoms with van der Waals surface area (Å²) in [5.74, 6) is -0.831. The molecule has 4 aromatic rings. The fourth-order valence-corrected chi connectivity index (χ4v) is 5.97. The van der Waals surface area contributed by atoms with E-state index < -0.39 is 11.7 Å². The van der Waals surface area contributed by atoms with Gasteiger partial charge in [-0.05, 0) is 89.0 Å². The average Bonchev–Trinajstić information content (AvgIpc) is 3.13. The summed E-state index contributed by atoms with van der Waals surface area (Å²) in [6.07, 6.45) is 5.89. The van der Waals surface area contributed by atoms with Crippen molar-refractivity contribution < 1.29 is 23.5 Å². The van der Waals surface area contributed by atoms with Crippen molar-refractivity contribution >= 4 is 35.1 Å². The highest BCUT2D eigenvalue weighted by molar-refractivity contribution is 6.32. The highest BCUT2D eigenvalue weighted by Crippen LogP contribution is 2.33. The Kier molecular flexibility index (Phi) is 13.0. The minimum absolute atomic E-state index is 0.0529. The van der Waals surface area contributed by atoms with Crippen molar-refractivity contribution in [3.63, 3.8) is 0 Å². The predicted molar refractivity (Wildman–Crippen MR) is 193 cm³/mol. The van der Waals surface area contributed by atoms with Gasteiger partial charge < -0.3 is 29.9 Å². The molecule has 10 nitrogen and oxygen atoms in total. The van der Waals surface area contributed by atoms with Gasteiger partial charge in [-0.2, -0.15) is 4.98 Å². The van der Waals surface area contributed by atoms with Crippen molar-refractivity contribution in [2.24, 2.45) is 0 Å². The van der Waals surface area contributed by atoms with Crippen LogP contribution in [0.15, 0.2) is 72.9 Å². The minimum atomic E-state index is -0.526. The monoisotopic (exact) mass is 702 g/mol. The summed E-state index contributed by atoms with van der Waals surface area (Å²) in [5.41, 5.74) is 1.75. The molecule has 2 amide bonds. The first-order valence-electron chi connectivity index (χ1n) is 17.2. The van der Waals surface area contributed by atoms with Gasteiger partial charge in [0.1, 0.15) is 11.3 Å². The quantitative estimate of drug-likeness (QED) is 0.120. The molecule has 0 unspecified atom stereocenters. The van der Waals surface area contributed by atoms with Crippen LogP contribution >= 0.6 is 11.6 Å². The highest BCUT2D eigenvalue weighted by Gasteiger charge is 2.22. The van der Waals surface area contributed by atoms with E-state index in [-0.39, 0.29) is 45.9 Å². The van der Waals surface area contributed by atoms with Gasteiger partial charge in [0.25, 0.3) is 11.8 Å². The largest absolute Gasteiger partial charge is 0.490 e. The fourth-order valence-electron chi connectivity index (χ4n) is 5.75. The molecule has 0 saturated carbocycles. The van der Waals surface area contributed by atoms with Crippen LogP contribution in [0.2, 0.25) is 5.02 Å². The van der Waals surface area contributed by atoms with E-state index in [0.717, 1.165) is 31.6 Å². The predicted octanol–water partition coefficient (Wildman–Crippen LogP) is 8.03. The van der Waals surface area contributed by atoms with Crippen LogP contribution < -0.4 is 20.1 Å². The third kappa shape index (κ3) is 9.70. The van der Waals surface area contributed by atoms with Crippen LogP contribution in [-0.2, 0) is 0 Å². The summed E-state index contributed by atoms with van der Waals surface area (Å²) in [4.78, 5) is 39.3. The highest BCUT2D eigenvalue weighted by atomic mass is 35.5. The van der Waals surface area contributed by atoms with Gasteiger partial charge in [-0.1, -0.05) is 48.4 Å². The molecule has 1 aliphatic heterocycles. The average molecular weight is 703 g/mol. The summed E-state index contributed by atoms with van der Waals surface area (Å²) in [6.45, 7) is 10.4. The SMILES string of the molecule is CCN(CC)C(=O)c1ccc(Oc2nc(Nc3ccc(OCCCN4CCCCC4)c(F)c3)ncc2C(=O)N[C@@H](C)c2ccccc2)c(Cl)c1. The molecule has 12 heteroatoms. The van der Waals surface area contributed by atoms with E-state index in [1.165, 1.54) is 37.6 Å². The second-order valence-electron chi connectivity index (χ2n) is 12.1. The number of benzene rings is 3. The van der Waals surface area contributed by atoms with Crippen molar-refractivity contribution in [2.75, 3.05) is 44.6 Å². The van der Waals surface area contributed by atoms with Crippen LogP contribution in [0.4, 0.5) is 16.0 Å². The van der Waals surface area contributed by atoms with Gasteiger partial charge in [0.2, 0.25) is 11.8 Å². The molecule has 0 aliphatic carbocycles. The van der Waals surface area contributed by atoms with Crippen molar-refractivity contribution in [3.05, 3.63) is 100 Å². The number of carbonyl (C=O) groups is 2. The maximum absolute atomic E-state index is 15.0. The molecule has 5 rings (SSSR count). The molecule has 0 spiro atoms. The first kappa shape index (κ1) is 36.5. The number of nitrogens with zero attached hydrogens (tertiary/aromatic N) is 4. The second kappa shape index (κ2) is 17.8. The van der Waals surface area contributed by atoms with Crippen molar-refractivity contribution in [1.29, 1.82) is 0 Å². The fraction of sp³-hybridized carbons (Fsp3) is 0.368. The molecular formula is C38H44ClFN6O4. The summed E-state index contributed by atoms with van der Waals surface area (Å²) in [5, 5.41) is 6.10. The molecule has 1 aliphatic rings. The third-order valence-electron chi connectivity index (χ3n) is 8.59. The minimum Gasteiger partial charge on any atom is -0.490 e. The van der Waals surface area contributed by atoms with Crippen LogP contribution in [0.1, 0.15) is 78.8 Å². The Morgan fingerprint density at radius 3 is 2.44 bits per heavy atom. The summed E-state index contributed by atoms with van der Waals surface area (Å²) in [6, 6.07) is 18.4. The van der Waals surface area contributed by atoms with Crippen molar-refractivity contribution in [2.45, 2.75) is 52.5 Å². The number of ether oxygens (including phenoxy) is 2. The van der Waals surface area contributed by atoms with E-state index in [4.69, 9.17) is 21.1 Å². The van der Waals surface area contributed by atoms with E-state index >= 15 is 4.39 Å². The van der Waals surface area contributed by atoms with E-state index in [1.807, 2.05) is 51.1 Å². The van der Waals surface area contributed by atoms with Crippen LogP contribution in [0.5, 0.6) is 17.4 Å². The Morgan fingerprint density at radius 1 is 1.00 bits per heavy atom. The lowest BCUT2D eigenvalue weighted by Gasteiger charge is -2.26. The number of carbonyl (C=O) groups excluding carboxylic acids is 2. The Labute approximate surface area is 298 Å². The molecule has 50 heavy (non-hydrogen) atoms. The first-order chi connectivity index (χ1) is 24.2. The Bertz CT molecular complexity index is 1750. The lowest BCUT2D eigenvalue weighted by atomic mass is 10.1. The molecule has 0 bridgehead atoms. The van der Waals surface area contributed by atoms with Crippen LogP contribution in [0.3, 0.4) is 0 Å². The summed E-state index contributed by atoms with van der Waals surface area (Å²) in [7, 11) is 0. The molecule has 264 valence electrons. The molecule has 2 N–H and O–H groups in total. The molecule has 1 atom stereocenters. The summed E-state index contributed by atoms with van der Waals surface area (Å²) < 4.78 is 26.9. The number of amides is 2. The number of piperidine rings is 1. The maximum Gasteiger partial charge on any atom is 0.258 e. The van der Waals surface area contributed by atoms with Gasteiger partial charge in [0, 0.05) is 43.1 Å². The Hall–Kier alpha value is -4.74. The standard InChI is InChI=1S/C38H44ClFN6O4/c1-4-46(5-2)37(48)28-15-17-33(31(39)23-28)50-36-30(35(47)42-26(3)27-13-8-6-9-14-27)25-41-38(44-36)43-29-16-18-34(32(40)24-29)49-22-12-21-45-19-10-7-11-20-45/h6,8-9,13-18,23-26H,4-5,7,10-12,19-22H2,1-3H3,(H,42,47)(H,41,43,44)/t26-/m0/s1. The van der Waals surface area contributed by atoms with E-state index in [2.05, 4.69) is 25.5 Å². The second-order valence-corrected chi connectivity index (χ2v) is 12.5. The molecule has 1 fully saturated rings. The number of hydrogen-bond donors (Lipinski definition) is 2. The normalized spacial score (nSPS) is 13.7. The Balaban J connectivity index is 1.33. The van der Waals surface area contributed by atoms with Gasteiger partial charge >= 0.3 is 0 Å². The number of halogens is 2. The molecule has 2 heterocycles. The van der Waals surface area contributed by atoms with E-state index in [9.17, 15) is 9.59 Å². The number of hydrogen-bond acceptors (Lipinski definition) is 8. The van der Waals surface area contributed by atoms with Crippen LogP contribution in [0.25, 0.3) is 0 Å². The molecule has 1 saturated heterocycles. The molecule has 3 aromatic carbocycles. The number of rotatable bonds is 15. The van der Waals surface area contributed by atoms with Crippen LogP contribution in [0, 0.1) is 5.82 Å². The lowest BCUT2D eigenvalue weighted by Crippen LogP contribution is -2.31. The number of aromatic nitrogens is 2. The number of likely N-dealkylation sites (tertiary alicyclic amines) is 1. The third-order valence-corrected chi connectivity index (χ3v) is 8.89. The number of anilines is 2. The molecule has 1 aromatic heterocycles. The zero-order valence-electron chi connectivity index (χ0n) is 28.8. The molecular weight excluding hydrogens is 659 g/mol. The van der Waals surface area contributed by atoms with Gasteiger partial charge in [0.15, 0.2) is 11.6 Å². The zero-order valence-corrected chi connectivity index (χ0v) is 29.5. The molecule has 0 radical (unpaired) electrons. The topological polar surface area (TPSA) is 109 Å². The van der Waals surface area contributed by atoms with Crippen LogP contribution in [-0.4, -0.2) is 70.9 Å². The van der Waals surface area contributed by atoms with Gasteiger partial charge in [0.05, 0.1) is 17.7 Å². The van der Waals surface area contributed by atoms with Crippen molar-refractivity contribution in [1.82, 2.24) is 25.1 Å². The van der Waals surface area contributed by atoms with Crippen molar-refractivity contribution in [3.8, 4) is 17.4 Å². The maximum atomic E-state index is 15.0. The van der Waals surface area contributed by atoms with Gasteiger partial charge in [-0.15, -0.1) is 0 Å². The Morgan fingerprint density at radius 2 is 1.74 bits per heavy atom. The lowest BCUT2D eigenvalue weighted by molar-refractivity contribution is 0.0772.